The van der Waals surface area contributed by atoms with Gasteiger partial charge in [0.2, 0.25) is 7.37 Å². The first-order valence-electron chi connectivity index (χ1n) is 6.15. The van der Waals surface area contributed by atoms with Gasteiger partial charge < -0.3 is 14.7 Å². The van der Waals surface area contributed by atoms with Crippen molar-refractivity contribution in [3.63, 3.8) is 0 Å². The molecule has 0 aliphatic rings. The van der Waals surface area contributed by atoms with Gasteiger partial charge in [0.1, 0.15) is 6.29 Å². The molecule has 0 aromatic heterocycles. The number of hydrogen-bond acceptors (Lipinski definition) is 4. The van der Waals surface area contributed by atoms with E-state index in [1.165, 1.54) is 4.90 Å². The summed E-state index contributed by atoms with van der Waals surface area (Å²) < 4.78 is 22.3. The smallest absolute Gasteiger partial charge is 0.339 e. The molecule has 3 N–H and O–H groups in total. The minimum absolute atomic E-state index is 0.0464. The topological polar surface area (TPSA) is 115 Å². The molecule has 0 aromatic carbocycles. The van der Waals surface area contributed by atoms with E-state index < -0.39 is 21.3 Å². The predicted octanol–water partition coefficient (Wildman–Crippen LogP) is 1.60. The van der Waals surface area contributed by atoms with E-state index in [0.29, 0.717) is 24.8 Å². The monoisotopic (exact) mass is 327 g/mol. The molecule has 0 amide bonds. The minimum atomic E-state index is -4.28. The molecule has 0 aliphatic carbocycles. The second-order valence-electron chi connectivity index (χ2n) is 5.05. The van der Waals surface area contributed by atoms with E-state index in [1.54, 1.807) is 6.92 Å². The number of allylic oxidation sites excluding steroid dienone is 1. The van der Waals surface area contributed by atoms with Gasteiger partial charge in [-0.2, -0.15) is 0 Å². The molecule has 1 atom stereocenters. The molecule has 0 bridgehead atoms. The van der Waals surface area contributed by atoms with Crippen LogP contribution >= 0.6 is 15.0 Å². The first-order chi connectivity index (χ1) is 8.91. The standard InChI is InChI=1S/C11H23NO6P2/c1-10(2)11(13)6-4-5-7-12(8-19(3,14)15)9-20(16,17)18/h1,4-9H2,2-3H3,(H,14,15)(H2,16,17,18). The quantitative estimate of drug-likeness (QED) is 0.317. The fourth-order valence-corrected chi connectivity index (χ4v) is 3.56. The van der Waals surface area contributed by atoms with E-state index in [-0.39, 0.29) is 18.6 Å². The number of nitrogens with zero attached hydrogens (tertiary/aromatic N) is 1. The van der Waals surface area contributed by atoms with Gasteiger partial charge in [0.15, 0.2) is 5.78 Å². The van der Waals surface area contributed by atoms with Crippen LogP contribution in [0, 0.1) is 0 Å². The maximum absolute atomic E-state index is 11.3. The number of unbranched alkanes of at least 4 members (excludes halogenated alkanes) is 1. The second-order valence-corrected chi connectivity index (χ2v) is 9.05. The summed E-state index contributed by atoms with van der Waals surface area (Å²) in [7, 11) is -7.67. The van der Waals surface area contributed by atoms with E-state index in [2.05, 4.69) is 6.58 Å². The van der Waals surface area contributed by atoms with Crippen molar-refractivity contribution in [3.8, 4) is 0 Å². The zero-order valence-electron chi connectivity index (χ0n) is 11.9. The van der Waals surface area contributed by atoms with Crippen LogP contribution in [0.15, 0.2) is 12.2 Å². The molecule has 118 valence electrons. The van der Waals surface area contributed by atoms with Crippen LogP contribution in [0.3, 0.4) is 0 Å². The fourth-order valence-electron chi connectivity index (χ4n) is 1.65. The maximum Gasteiger partial charge on any atom is 0.339 e. The number of carbonyl (C=O) groups excluding carboxylic acids is 1. The third-order valence-electron chi connectivity index (χ3n) is 2.45. The van der Waals surface area contributed by atoms with Crippen molar-refractivity contribution in [2.24, 2.45) is 0 Å². The Morgan fingerprint density at radius 1 is 1.15 bits per heavy atom. The van der Waals surface area contributed by atoms with Crippen molar-refractivity contribution in [1.82, 2.24) is 4.90 Å². The first kappa shape index (κ1) is 19.7. The molecule has 0 saturated heterocycles. The van der Waals surface area contributed by atoms with Gasteiger partial charge in [-0.1, -0.05) is 6.58 Å². The van der Waals surface area contributed by atoms with Gasteiger partial charge in [-0.15, -0.1) is 0 Å². The van der Waals surface area contributed by atoms with Gasteiger partial charge in [-0.05, 0) is 31.9 Å². The highest BCUT2D eigenvalue weighted by atomic mass is 31.2. The van der Waals surface area contributed by atoms with E-state index in [0.717, 1.165) is 6.66 Å². The molecule has 9 heteroatoms. The largest absolute Gasteiger partial charge is 0.344 e. The Morgan fingerprint density at radius 2 is 1.70 bits per heavy atom. The van der Waals surface area contributed by atoms with Gasteiger partial charge in [-0.25, -0.2) is 0 Å². The minimum Gasteiger partial charge on any atom is -0.344 e. The van der Waals surface area contributed by atoms with Crippen molar-refractivity contribution >= 4 is 20.7 Å². The van der Waals surface area contributed by atoms with Gasteiger partial charge >= 0.3 is 7.60 Å². The van der Waals surface area contributed by atoms with E-state index in [1.807, 2.05) is 0 Å². The van der Waals surface area contributed by atoms with Gasteiger partial charge in [0, 0.05) is 13.1 Å². The Kier molecular flexibility index (Phi) is 8.11. The SMILES string of the molecule is C=C(C)C(=O)CCCCN(CP(C)(=O)O)CP(=O)(O)O. The fraction of sp³-hybridized carbons (Fsp3) is 0.727. The van der Waals surface area contributed by atoms with Crippen LogP contribution in [0.25, 0.3) is 0 Å². The summed E-state index contributed by atoms with van der Waals surface area (Å²) in [5.41, 5.74) is 0.477. The molecule has 20 heavy (non-hydrogen) atoms. The Balaban J connectivity index is 4.30. The van der Waals surface area contributed by atoms with Gasteiger partial charge in [0.25, 0.3) is 0 Å². The highest BCUT2D eigenvalue weighted by molar-refractivity contribution is 7.57. The van der Waals surface area contributed by atoms with Crippen molar-refractivity contribution in [2.75, 3.05) is 25.8 Å². The molecule has 0 aliphatic heterocycles. The summed E-state index contributed by atoms with van der Waals surface area (Å²) in [6.45, 7) is 6.56. The molecule has 0 spiro atoms. The molecule has 0 fully saturated rings. The summed E-state index contributed by atoms with van der Waals surface area (Å²) in [5, 5.41) is 0. The van der Waals surface area contributed by atoms with E-state index in [4.69, 9.17) is 9.79 Å². The van der Waals surface area contributed by atoms with Crippen LogP contribution in [0.5, 0.6) is 0 Å². The highest BCUT2D eigenvalue weighted by Crippen LogP contribution is 2.41. The third kappa shape index (κ3) is 11.5. The van der Waals surface area contributed by atoms with E-state index in [9.17, 15) is 18.8 Å². The van der Waals surface area contributed by atoms with Gasteiger partial charge in [-0.3, -0.25) is 18.8 Å². The summed E-state index contributed by atoms with van der Waals surface area (Å²) in [6.07, 6.45) is 0.552. The summed E-state index contributed by atoms with van der Waals surface area (Å²) in [4.78, 5) is 39.8. The summed E-state index contributed by atoms with van der Waals surface area (Å²) in [5.74, 6) is -0.0464. The zero-order chi connectivity index (χ0) is 16.0. The van der Waals surface area contributed by atoms with Crippen molar-refractivity contribution < 1.29 is 28.6 Å². The molecule has 0 aromatic rings. The molecular weight excluding hydrogens is 304 g/mol. The third-order valence-corrected chi connectivity index (χ3v) is 4.14. The Morgan fingerprint density at radius 3 is 2.10 bits per heavy atom. The van der Waals surface area contributed by atoms with Crippen molar-refractivity contribution in [1.29, 1.82) is 0 Å². The van der Waals surface area contributed by atoms with Crippen LogP contribution < -0.4 is 0 Å². The number of Topliss-reactive ketones (excluding diaryl/α,β-unsaturated/α-hetero) is 1. The Hall–Kier alpha value is -0.290. The summed E-state index contributed by atoms with van der Waals surface area (Å²) in [6, 6.07) is 0. The molecule has 0 saturated carbocycles. The van der Waals surface area contributed by atoms with Crippen LogP contribution in [0.4, 0.5) is 0 Å². The molecule has 7 nitrogen and oxygen atoms in total. The van der Waals surface area contributed by atoms with Crippen LogP contribution in [0.1, 0.15) is 26.2 Å². The lowest BCUT2D eigenvalue weighted by molar-refractivity contribution is -0.115. The highest BCUT2D eigenvalue weighted by Gasteiger charge is 2.23. The molecule has 0 radical (unpaired) electrons. The van der Waals surface area contributed by atoms with Gasteiger partial charge in [0.05, 0.1) is 6.29 Å². The predicted molar refractivity (Wildman–Crippen MR) is 77.9 cm³/mol. The lowest BCUT2D eigenvalue weighted by Gasteiger charge is -2.23. The number of carbonyl (C=O) groups is 1. The van der Waals surface area contributed by atoms with E-state index >= 15 is 0 Å². The lowest BCUT2D eigenvalue weighted by atomic mass is 10.1. The molecule has 0 heterocycles. The maximum atomic E-state index is 11.3. The van der Waals surface area contributed by atoms with Crippen LogP contribution in [0.2, 0.25) is 0 Å². The second kappa shape index (κ2) is 8.23. The van der Waals surface area contributed by atoms with Crippen LogP contribution in [-0.2, 0) is 13.9 Å². The van der Waals surface area contributed by atoms with Crippen molar-refractivity contribution in [2.45, 2.75) is 26.2 Å². The Labute approximate surface area is 119 Å². The van der Waals surface area contributed by atoms with Crippen LogP contribution in [-0.4, -0.2) is 51.1 Å². The molecular formula is C11H23NO6P2. The average Bonchev–Trinajstić information content (AvgIpc) is 2.18. The number of rotatable bonds is 10. The Bertz CT molecular complexity index is 414. The summed E-state index contributed by atoms with van der Waals surface area (Å²) >= 11 is 0. The normalized spacial score (nSPS) is 15.1. The lowest BCUT2D eigenvalue weighted by Crippen LogP contribution is -2.27. The zero-order valence-corrected chi connectivity index (χ0v) is 13.6. The van der Waals surface area contributed by atoms with Crippen molar-refractivity contribution in [3.05, 3.63) is 12.2 Å². The molecule has 1 unspecified atom stereocenters. The number of ketones is 1. The molecule has 0 rings (SSSR count). The average molecular weight is 327 g/mol. The number of hydrogen-bond donors (Lipinski definition) is 3. The first-order valence-corrected chi connectivity index (χ1v) is 10.2.